The van der Waals surface area contributed by atoms with Crippen LogP contribution in [0.4, 0.5) is 0 Å². The molecular formula is C20H32O6. The highest BCUT2D eigenvalue weighted by atomic mass is 16.3. The Hall–Kier alpha value is -0.790. The van der Waals surface area contributed by atoms with Crippen molar-refractivity contribution in [3.8, 4) is 0 Å². The Bertz CT molecular complexity index is 611. The zero-order valence-electron chi connectivity index (χ0n) is 15.9. The van der Waals surface area contributed by atoms with E-state index in [9.17, 15) is 30.3 Å². The Morgan fingerprint density at radius 3 is 2.27 bits per heavy atom. The first-order valence-corrected chi connectivity index (χ1v) is 9.52. The lowest BCUT2D eigenvalue weighted by molar-refractivity contribution is -0.149. The number of fused-ring (bicyclic) bond motifs is 1. The summed E-state index contributed by atoms with van der Waals surface area (Å²) >= 11 is 0. The van der Waals surface area contributed by atoms with Crippen LogP contribution in [0.5, 0.6) is 0 Å². The van der Waals surface area contributed by atoms with Crippen LogP contribution in [-0.2, 0) is 4.79 Å². The van der Waals surface area contributed by atoms with Gasteiger partial charge in [0.1, 0.15) is 6.10 Å². The van der Waals surface area contributed by atoms with E-state index in [1.807, 2.05) is 0 Å². The van der Waals surface area contributed by atoms with Gasteiger partial charge < -0.3 is 25.5 Å². The van der Waals surface area contributed by atoms with Crippen molar-refractivity contribution in [2.24, 2.45) is 22.7 Å². The maximum atomic E-state index is 12.8. The van der Waals surface area contributed by atoms with Crippen molar-refractivity contribution in [3.05, 3.63) is 12.2 Å². The van der Waals surface area contributed by atoms with Gasteiger partial charge in [-0.3, -0.25) is 4.79 Å². The van der Waals surface area contributed by atoms with E-state index in [1.54, 1.807) is 20.8 Å². The smallest absolute Gasteiger partial charge is 0.169 e. The van der Waals surface area contributed by atoms with Gasteiger partial charge in [0.2, 0.25) is 0 Å². The lowest BCUT2D eigenvalue weighted by Gasteiger charge is -2.48. The SMILES string of the molecule is C=C1[C@@H](O)C[C@H](O)C(C)(C)C(=O)[C@H](O)C[C@]23C[C@@](C)(O)[C@H](CC[C@@H]12)[C@H]3O. The zero-order valence-corrected chi connectivity index (χ0v) is 15.9. The van der Waals surface area contributed by atoms with E-state index in [2.05, 4.69) is 6.58 Å². The minimum atomic E-state index is -1.35. The number of ketones is 1. The molecule has 0 heterocycles. The number of hydrogen-bond donors (Lipinski definition) is 5. The zero-order chi connectivity index (χ0) is 19.7. The van der Waals surface area contributed by atoms with Gasteiger partial charge in [0.25, 0.3) is 0 Å². The molecule has 0 saturated heterocycles. The molecule has 8 atom stereocenters. The first-order chi connectivity index (χ1) is 11.8. The van der Waals surface area contributed by atoms with Gasteiger partial charge in [-0.2, -0.15) is 0 Å². The Labute approximate surface area is 154 Å². The van der Waals surface area contributed by atoms with Crippen LogP contribution in [0.1, 0.15) is 52.9 Å². The summed E-state index contributed by atoms with van der Waals surface area (Å²) in [6, 6.07) is 0. The number of Topliss-reactive ketones (excluding diaryl/α,β-unsaturated/α-hetero) is 1. The van der Waals surface area contributed by atoms with Crippen molar-refractivity contribution < 1.29 is 30.3 Å². The summed E-state index contributed by atoms with van der Waals surface area (Å²) in [5.41, 5.74) is -2.72. The molecule has 3 aliphatic rings. The number of aliphatic hydroxyl groups excluding tert-OH is 4. The molecule has 0 aromatic rings. The molecule has 148 valence electrons. The summed E-state index contributed by atoms with van der Waals surface area (Å²) in [6.07, 6.45) is -2.96. The Balaban J connectivity index is 2.09. The standard InChI is InChI=1S/C20H32O6/c1-10-11-5-6-12-16(24)20(11,9-19(12,4)26)8-14(22)17(25)18(2,3)15(23)7-13(10)21/h11-16,21-24,26H,1,5-9H2,2-4H3/t11-,12+,13-,14+,15-,16+,19+,20-/m0/s1. The van der Waals surface area contributed by atoms with Gasteiger partial charge in [-0.1, -0.05) is 20.4 Å². The maximum Gasteiger partial charge on any atom is 0.169 e. The van der Waals surface area contributed by atoms with Gasteiger partial charge in [0.05, 0.1) is 29.3 Å². The third-order valence-electron chi connectivity index (χ3n) is 7.58. The van der Waals surface area contributed by atoms with Crippen molar-refractivity contribution >= 4 is 5.78 Å². The van der Waals surface area contributed by atoms with Crippen LogP contribution in [0.3, 0.4) is 0 Å². The molecule has 3 aliphatic carbocycles. The minimum Gasteiger partial charge on any atom is -0.392 e. The van der Waals surface area contributed by atoms with Crippen LogP contribution in [0.15, 0.2) is 12.2 Å². The molecule has 6 nitrogen and oxygen atoms in total. The Morgan fingerprint density at radius 2 is 1.65 bits per heavy atom. The van der Waals surface area contributed by atoms with Crippen molar-refractivity contribution in [2.75, 3.05) is 0 Å². The first-order valence-electron chi connectivity index (χ1n) is 9.52. The minimum absolute atomic E-state index is 0.00773. The Kier molecular flexibility index (Phi) is 4.69. The number of aliphatic hydroxyl groups is 5. The fourth-order valence-electron chi connectivity index (χ4n) is 5.90. The molecule has 6 heteroatoms. The third-order valence-corrected chi connectivity index (χ3v) is 7.58. The van der Waals surface area contributed by atoms with E-state index in [0.717, 1.165) is 0 Å². The quantitative estimate of drug-likeness (QED) is 0.398. The first kappa shape index (κ1) is 20.0. The van der Waals surface area contributed by atoms with E-state index < -0.39 is 46.6 Å². The van der Waals surface area contributed by atoms with Crippen LogP contribution in [0, 0.1) is 22.7 Å². The summed E-state index contributed by atoms with van der Waals surface area (Å²) in [5.74, 6) is -1.15. The predicted molar refractivity (Wildman–Crippen MR) is 95.1 cm³/mol. The van der Waals surface area contributed by atoms with Gasteiger partial charge in [-0.05, 0) is 44.1 Å². The summed E-state index contributed by atoms with van der Waals surface area (Å²) in [4.78, 5) is 12.8. The molecule has 0 aromatic heterocycles. The van der Waals surface area contributed by atoms with Crippen LogP contribution in [-0.4, -0.2) is 61.3 Å². The molecule has 3 rings (SSSR count). The van der Waals surface area contributed by atoms with Crippen LogP contribution >= 0.6 is 0 Å². The fourth-order valence-corrected chi connectivity index (χ4v) is 5.90. The average molecular weight is 368 g/mol. The highest BCUT2D eigenvalue weighted by Crippen LogP contribution is 2.63. The van der Waals surface area contributed by atoms with Crippen molar-refractivity contribution in [1.29, 1.82) is 0 Å². The molecule has 2 bridgehead atoms. The molecule has 0 amide bonds. The van der Waals surface area contributed by atoms with Crippen LogP contribution in [0.25, 0.3) is 0 Å². The second-order valence-electron chi connectivity index (χ2n) is 9.60. The lowest BCUT2D eigenvalue weighted by atomic mass is 9.58. The third kappa shape index (κ3) is 2.69. The van der Waals surface area contributed by atoms with Crippen LogP contribution < -0.4 is 0 Å². The second kappa shape index (κ2) is 6.11. The van der Waals surface area contributed by atoms with Gasteiger partial charge in [-0.15, -0.1) is 0 Å². The molecule has 0 unspecified atom stereocenters. The topological polar surface area (TPSA) is 118 Å². The summed E-state index contributed by atoms with van der Waals surface area (Å²) in [6.45, 7) is 8.86. The molecule has 3 saturated carbocycles. The van der Waals surface area contributed by atoms with Gasteiger partial charge in [0, 0.05) is 17.8 Å². The number of rotatable bonds is 0. The van der Waals surface area contributed by atoms with Gasteiger partial charge in [0.15, 0.2) is 5.78 Å². The number of carbonyl (C=O) groups is 1. The maximum absolute atomic E-state index is 12.8. The van der Waals surface area contributed by atoms with Gasteiger partial charge in [-0.25, -0.2) is 0 Å². The molecular weight excluding hydrogens is 336 g/mol. The predicted octanol–water partition coefficient (Wildman–Crippen LogP) is 0.543. The monoisotopic (exact) mass is 368 g/mol. The molecule has 1 spiro atoms. The second-order valence-corrected chi connectivity index (χ2v) is 9.60. The van der Waals surface area contributed by atoms with E-state index >= 15 is 0 Å². The molecule has 0 aromatic carbocycles. The molecule has 3 fully saturated rings. The normalized spacial score (nSPS) is 51.8. The van der Waals surface area contributed by atoms with E-state index in [1.165, 1.54) is 0 Å². The van der Waals surface area contributed by atoms with E-state index in [4.69, 9.17) is 0 Å². The van der Waals surface area contributed by atoms with Crippen LogP contribution in [0.2, 0.25) is 0 Å². The number of carbonyl (C=O) groups excluding carboxylic acids is 1. The molecule has 5 N–H and O–H groups in total. The molecule has 0 aliphatic heterocycles. The lowest BCUT2D eigenvalue weighted by Crippen LogP contribution is -2.53. The largest absolute Gasteiger partial charge is 0.392 e. The van der Waals surface area contributed by atoms with Crippen molar-refractivity contribution in [2.45, 2.75) is 82.9 Å². The summed E-state index contributed by atoms with van der Waals surface area (Å²) in [7, 11) is 0. The summed E-state index contributed by atoms with van der Waals surface area (Å²) in [5, 5.41) is 53.7. The van der Waals surface area contributed by atoms with Crippen molar-refractivity contribution in [1.82, 2.24) is 0 Å². The van der Waals surface area contributed by atoms with E-state index in [0.29, 0.717) is 18.4 Å². The molecule has 26 heavy (non-hydrogen) atoms. The average Bonchev–Trinajstić information content (AvgIpc) is 2.65. The number of hydrogen-bond acceptors (Lipinski definition) is 6. The van der Waals surface area contributed by atoms with E-state index in [-0.39, 0.29) is 31.1 Å². The molecule has 0 radical (unpaired) electrons. The Morgan fingerprint density at radius 1 is 1.04 bits per heavy atom. The fraction of sp³-hybridized carbons (Fsp3) is 0.850. The summed E-state index contributed by atoms with van der Waals surface area (Å²) < 4.78 is 0. The van der Waals surface area contributed by atoms with Crippen molar-refractivity contribution in [3.63, 3.8) is 0 Å². The van der Waals surface area contributed by atoms with Gasteiger partial charge >= 0.3 is 0 Å². The highest BCUT2D eigenvalue weighted by Gasteiger charge is 2.65. The highest BCUT2D eigenvalue weighted by molar-refractivity contribution is 5.88.